The van der Waals surface area contributed by atoms with Crippen molar-refractivity contribution < 1.29 is 19.7 Å². The van der Waals surface area contributed by atoms with Gasteiger partial charge in [-0.05, 0) is 37.4 Å². The van der Waals surface area contributed by atoms with E-state index in [0.717, 1.165) is 16.3 Å². The first kappa shape index (κ1) is 14.6. The van der Waals surface area contributed by atoms with Gasteiger partial charge in [-0.15, -0.1) is 0 Å². The highest BCUT2D eigenvalue weighted by molar-refractivity contribution is 5.90. The maximum Gasteiger partial charge on any atom is 0.127 e. The Morgan fingerprint density at radius 1 is 1.15 bits per heavy atom. The highest BCUT2D eigenvalue weighted by Gasteiger charge is 2.15. The topological polar surface area (TPSA) is 58.9 Å². The molecule has 0 bridgehead atoms. The molecule has 0 unspecified atom stereocenters. The number of fused-ring (bicyclic) bond motifs is 1. The molecule has 0 saturated heterocycles. The third-order valence-electron chi connectivity index (χ3n) is 2.99. The van der Waals surface area contributed by atoms with Gasteiger partial charge in [-0.2, -0.15) is 0 Å². The van der Waals surface area contributed by atoms with Crippen LogP contribution in [0, 0.1) is 0 Å². The number of aliphatic hydroxyl groups excluding tert-OH is 1. The van der Waals surface area contributed by atoms with E-state index >= 15 is 0 Å². The van der Waals surface area contributed by atoms with Crippen molar-refractivity contribution >= 4 is 10.8 Å². The second-order valence-corrected chi connectivity index (χ2v) is 5.40. The summed E-state index contributed by atoms with van der Waals surface area (Å²) in [5.74, 6) is 1.31. The van der Waals surface area contributed by atoms with E-state index in [-0.39, 0.29) is 13.2 Å². The number of hydrogen-bond donors (Lipinski definition) is 2. The minimum atomic E-state index is -0.892. The predicted molar refractivity (Wildman–Crippen MR) is 78.2 cm³/mol. The molecule has 2 rings (SSSR count). The van der Waals surface area contributed by atoms with Gasteiger partial charge < -0.3 is 19.7 Å². The normalized spacial score (nSPS) is 11.7. The van der Waals surface area contributed by atoms with Crippen LogP contribution in [0.4, 0.5) is 0 Å². The third-order valence-corrected chi connectivity index (χ3v) is 2.99. The molecule has 4 nitrogen and oxygen atoms in total. The fraction of sp³-hybridized carbons (Fsp3) is 0.375. The number of ether oxygens (including phenoxy) is 2. The number of hydrogen-bond acceptors (Lipinski definition) is 4. The van der Waals surface area contributed by atoms with Crippen LogP contribution in [-0.4, -0.2) is 29.5 Å². The van der Waals surface area contributed by atoms with Crippen molar-refractivity contribution in [1.29, 1.82) is 0 Å². The van der Waals surface area contributed by atoms with Crippen molar-refractivity contribution in [1.82, 2.24) is 0 Å². The minimum Gasteiger partial charge on any atom is -0.496 e. The summed E-state index contributed by atoms with van der Waals surface area (Å²) in [6, 6.07) is 9.42. The number of aliphatic hydroxyl groups is 2. The van der Waals surface area contributed by atoms with Gasteiger partial charge in [-0.3, -0.25) is 0 Å². The van der Waals surface area contributed by atoms with Crippen molar-refractivity contribution in [2.75, 3.05) is 13.7 Å². The molecule has 2 N–H and O–H groups in total. The Bertz CT molecular complexity index is 599. The van der Waals surface area contributed by atoms with Crippen LogP contribution in [0.3, 0.4) is 0 Å². The average molecular weight is 276 g/mol. The molecule has 0 radical (unpaired) electrons. The SMILES string of the molecule is COc1cc2c(OCC(C)(C)O)cccc2cc1CO. The predicted octanol–water partition coefficient (Wildman–Crippen LogP) is 2.49. The van der Waals surface area contributed by atoms with Gasteiger partial charge in [-0.25, -0.2) is 0 Å². The van der Waals surface area contributed by atoms with E-state index in [1.807, 2.05) is 30.3 Å². The molecule has 0 aromatic heterocycles. The maximum absolute atomic E-state index is 9.75. The van der Waals surface area contributed by atoms with Crippen LogP contribution in [-0.2, 0) is 6.61 Å². The molecule has 0 spiro atoms. The largest absolute Gasteiger partial charge is 0.496 e. The van der Waals surface area contributed by atoms with Crippen molar-refractivity contribution in [2.45, 2.75) is 26.1 Å². The van der Waals surface area contributed by atoms with Gasteiger partial charge >= 0.3 is 0 Å². The Kier molecular flexibility index (Phi) is 4.16. The first-order valence-corrected chi connectivity index (χ1v) is 6.50. The lowest BCUT2D eigenvalue weighted by Crippen LogP contribution is -2.27. The molecule has 0 fully saturated rings. The van der Waals surface area contributed by atoms with Gasteiger partial charge in [0.15, 0.2) is 0 Å². The molecule has 0 aliphatic heterocycles. The summed E-state index contributed by atoms with van der Waals surface area (Å²) < 4.78 is 11.0. The second-order valence-electron chi connectivity index (χ2n) is 5.40. The van der Waals surface area contributed by atoms with Crippen LogP contribution >= 0.6 is 0 Å². The zero-order valence-electron chi connectivity index (χ0n) is 12.0. The first-order valence-electron chi connectivity index (χ1n) is 6.50. The number of rotatable bonds is 5. The lowest BCUT2D eigenvalue weighted by Gasteiger charge is -2.19. The van der Waals surface area contributed by atoms with Gasteiger partial charge in [0, 0.05) is 10.9 Å². The summed E-state index contributed by atoms with van der Waals surface area (Å²) >= 11 is 0. The Morgan fingerprint density at radius 2 is 1.90 bits per heavy atom. The van der Waals surface area contributed by atoms with Crippen LogP contribution in [0.2, 0.25) is 0 Å². The molecule has 0 atom stereocenters. The monoisotopic (exact) mass is 276 g/mol. The molecule has 0 amide bonds. The van der Waals surface area contributed by atoms with Gasteiger partial charge in [0.25, 0.3) is 0 Å². The summed E-state index contributed by atoms with van der Waals surface area (Å²) in [4.78, 5) is 0. The Balaban J connectivity index is 2.45. The Labute approximate surface area is 118 Å². The van der Waals surface area contributed by atoms with E-state index in [9.17, 15) is 10.2 Å². The van der Waals surface area contributed by atoms with Crippen molar-refractivity contribution in [2.24, 2.45) is 0 Å². The van der Waals surface area contributed by atoms with Crippen molar-refractivity contribution in [3.05, 3.63) is 35.9 Å². The summed E-state index contributed by atoms with van der Waals surface area (Å²) in [6.45, 7) is 3.52. The second kappa shape index (κ2) is 5.69. The van der Waals surface area contributed by atoms with Crippen molar-refractivity contribution in [3.63, 3.8) is 0 Å². The molecular formula is C16H20O4. The first-order chi connectivity index (χ1) is 9.44. The van der Waals surface area contributed by atoms with Gasteiger partial charge in [-0.1, -0.05) is 12.1 Å². The standard InChI is InChI=1S/C16H20O4/c1-16(2,18)10-20-14-6-4-5-11-7-12(9-17)15(19-3)8-13(11)14/h4-8,17-18H,9-10H2,1-3H3. The lowest BCUT2D eigenvalue weighted by atomic mass is 10.1. The smallest absolute Gasteiger partial charge is 0.127 e. The fourth-order valence-corrected chi connectivity index (χ4v) is 2.02. The summed E-state index contributed by atoms with van der Waals surface area (Å²) in [6.07, 6.45) is 0. The van der Waals surface area contributed by atoms with Crippen LogP contribution in [0.1, 0.15) is 19.4 Å². The van der Waals surface area contributed by atoms with E-state index in [4.69, 9.17) is 9.47 Å². The van der Waals surface area contributed by atoms with E-state index in [2.05, 4.69) is 0 Å². The van der Waals surface area contributed by atoms with Crippen LogP contribution in [0.15, 0.2) is 30.3 Å². The molecule has 2 aromatic rings. The number of methoxy groups -OCH3 is 1. The Hall–Kier alpha value is -1.78. The molecule has 0 heterocycles. The maximum atomic E-state index is 9.75. The number of benzene rings is 2. The van der Waals surface area contributed by atoms with E-state index in [1.54, 1.807) is 21.0 Å². The van der Waals surface area contributed by atoms with Crippen molar-refractivity contribution in [3.8, 4) is 11.5 Å². The van der Waals surface area contributed by atoms with Gasteiger partial charge in [0.1, 0.15) is 18.1 Å². The third kappa shape index (κ3) is 3.21. The fourth-order valence-electron chi connectivity index (χ4n) is 2.02. The van der Waals surface area contributed by atoms with E-state index in [0.29, 0.717) is 11.5 Å². The van der Waals surface area contributed by atoms with Crippen LogP contribution in [0.5, 0.6) is 11.5 Å². The van der Waals surface area contributed by atoms with Crippen LogP contribution < -0.4 is 9.47 Å². The summed E-state index contributed by atoms with van der Waals surface area (Å²) in [7, 11) is 1.57. The highest BCUT2D eigenvalue weighted by atomic mass is 16.5. The molecule has 0 aliphatic carbocycles. The Morgan fingerprint density at radius 3 is 2.50 bits per heavy atom. The van der Waals surface area contributed by atoms with E-state index < -0.39 is 5.60 Å². The summed E-state index contributed by atoms with van der Waals surface area (Å²) in [5.41, 5.74) is -0.156. The molecular weight excluding hydrogens is 256 g/mol. The molecule has 20 heavy (non-hydrogen) atoms. The molecule has 108 valence electrons. The minimum absolute atomic E-state index is 0.0755. The van der Waals surface area contributed by atoms with Gasteiger partial charge in [0.05, 0.1) is 19.3 Å². The highest BCUT2D eigenvalue weighted by Crippen LogP contribution is 2.32. The lowest BCUT2D eigenvalue weighted by molar-refractivity contribution is 0.0290. The van der Waals surface area contributed by atoms with Crippen LogP contribution in [0.25, 0.3) is 10.8 Å². The molecule has 0 saturated carbocycles. The van der Waals surface area contributed by atoms with E-state index in [1.165, 1.54) is 0 Å². The molecule has 0 aliphatic rings. The zero-order valence-corrected chi connectivity index (χ0v) is 12.0. The zero-order chi connectivity index (χ0) is 14.8. The average Bonchev–Trinajstić information content (AvgIpc) is 2.42. The molecule has 2 aromatic carbocycles. The molecule has 4 heteroatoms. The van der Waals surface area contributed by atoms with Gasteiger partial charge in [0.2, 0.25) is 0 Å². The quantitative estimate of drug-likeness (QED) is 0.881. The summed E-state index contributed by atoms with van der Waals surface area (Å²) in [5, 5.41) is 21.0.